The number of hydrogen-bond donors (Lipinski definition) is 1. The van der Waals surface area contributed by atoms with Gasteiger partial charge in [-0.3, -0.25) is 4.79 Å². The van der Waals surface area contributed by atoms with E-state index in [1.165, 1.54) is 14.2 Å². The maximum absolute atomic E-state index is 14.6. The van der Waals surface area contributed by atoms with E-state index in [-0.39, 0.29) is 11.5 Å². The summed E-state index contributed by atoms with van der Waals surface area (Å²) in [7, 11) is 10.8. The van der Waals surface area contributed by atoms with Crippen LogP contribution in [0.5, 0.6) is 46.0 Å². The molecular formula is C32H32O9. The van der Waals surface area contributed by atoms with Gasteiger partial charge in [-0.25, -0.2) is 0 Å². The predicted molar refractivity (Wildman–Crippen MR) is 154 cm³/mol. The Morgan fingerprint density at radius 3 is 1.76 bits per heavy atom. The molecule has 2 aliphatic rings. The molecule has 3 aromatic carbocycles. The number of rotatable bonds is 10. The second kappa shape index (κ2) is 11.0. The number of aromatic hydroxyl groups is 1. The second-order valence-corrected chi connectivity index (χ2v) is 9.41. The van der Waals surface area contributed by atoms with Crippen molar-refractivity contribution >= 4 is 22.5 Å². The van der Waals surface area contributed by atoms with Gasteiger partial charge in [-0.15, -0.1) is 0 Å². The van der Waals surface area contributed by atoms with Crippen LogP contribution >= 0.6 is 0 Å². The first-order chi connectivity index (χ1) is 19.9. The third kappa shape index (κ3) is 4.28. The summed E-state index contributed by atoms with van der Waals surface area (Å²) < 4.78 is 39.1. The lowest BCUT2D eigenvalue weighted by Crippen LogP contribution is -2.07. The predicted octanol–water partition coefficient (Wildman–Crippen LogP) is 5.13. The van der Waals surface area contributed by atoms with Crippen LogP contribution in [-0.4, -0.2) is 60.7 Å². The Hall–Kier alpha value is -4.79. The Bertz CT molecular complexity index is 1610. The minimum Gasteiger partial charge on any atom is -0.504 e. The van der Waals surface area contributed by atoms with E-state index in [4.69, 9.17) is 33.2 Å². The molecule has 0 fully saturated rings. The number of phenols is 1. The third-order valence-corrected chi connectivity index (χ3v) is 7.59. The molecule has 0 amide bonds. The van der Waals surface area contributed by atoms with E-state index in [1.54, 1.807) is 59.8 Å². The number of fused-ring (bicyclic) bond motifs is 2. The van der Waals surface area contributed by atoms with E-state index < -0.39 is 0 Å². The van der Waals surface area contributed by atoms with Crippen LogP contribution in [0.1, 0.15) is 27.8 Å². The van der Waals surface area contributed by atoms with Crippen LogP contribution in [0, 0.1) is 0 Å². The van der Waals surface area contributed by atoms with Crippen molar-refractivity contribution < 1.29 is 43.1 Å². The minimum absolute atomic E-state index is 0.0330. The SMILES string of the molecule is COc1ccc(C2=C(C(=O)C3=CCc4c3cc(OC)c(OC)c4OC)c3cc(OC)c(OC)c(OC)c3C2)cc1O. The number of carbonyl (C=O) groups is 1. The van der Waals surface area contributed by atoms with Gasteiger partial charge >= 0.3 is 0 Å². The number of ketones is 1. The highest BCUT2D eigenvalue weighted by atomic mass is 16.5. The summed E-state index contributed by atoms with van der Waals surface area (Å²) >= 11 is 0. The lowest BCUT2D eigenvalue weighted by molar-refractivity contribution is -0.108. The van der Waals surface area contributed by atoms with Crippen LogP contribution in [0.15, 0.2) is 36.4 Å². The van der Waals surface area contributed by atoms with Gasteiger partial charge in [0.2, 0.25) is 11.5 Å². The number of ether oxygens (including phenoxy) is 7. The number of allylic oxidation sites excluding steroid dienone is 4. The van der Waals surface area contributed by atoms with Crippen molar-refractivity contribution in [3.8, 4) is 46.0 Å². The van der Waals surface area contributed by atoms with Gasteiger partial charge in [0.15, 0.2) is 40.3 Å². The summed E-state index contributed by atoms with van der Waals surface area (Å²) in [4.78, 5) is 14.6. The van der Waals surface area contributed by atoms with E-state index in [0.29, 0.717) is 80.9 Å². The molecule has 9 heteroatoms. The molecule has 41 heavy (non-hydrogen) atoms. The summed E-state index contributed by atoms with van der Waals surface area (Å²) in [6.07, 6.45) is 2.73. The first kappa shape index (κ1) is 27.8. The molecule has 0 aromatic heterocycles. The molecule has 214 valence electrons. The molecule has 9 nitrogen and oxygen atoms in total. The molecule has 5 rings (SSSR count). The first-order valence-corrected chi connectivity index (χ1v) is 12.9. The van der Waals surface area contributed by atoms with Gasteiger partial charge in [0, 0.05) is 28.7 Å². The molecule has 0 spiro atoms. The van der Waals surface area contributed by atoms with E-state index in [0.717, 1.165) is 16.7 Å². The number of phenolic OH excluding ortho intramolecular Hbond substituents is 1. The smallest absolute Gasteiger partial charge is 0.203 e. The summed E-state index contributed by atoms with van der Waals surface area (Å²) in [5, 5.41) is 10.6. The Balaban J connectivity index is 1.75. The number of methoxy groups -OCH3 is 7. The molecule has 0 aliphatic heterocycles. The maximum Gasteiger partial charge on any atom is 0.203 e. The van der Waals surface area contributed by atoms with Crippen LogP contribution in [0.25, 0.3) is 16.7 Å². The van der Waals surface area contributed by atoms with E-state index in [9.17, 15) is 9.90 Å². The highest BCUT2D eigenvalue weighted by molar-refractivity contribution is 6.47. The monoisotopic (exact) mass is 560 g/mol. The van der Waals surface area contributed by atoms with Gasteiger partial charge in [0.1, 0.15) is 0 Å². The summed E-state index contributed by atoms with van der Waals surface area (Å²) in [5.41, 5.74) is 5.35. The second-order valence-electron chi connectivity index (χ2n) is 9.41. The van der Waals surface area contributed by atoms with Crippen molar-refractivity contribution in [2.75, 3.05) is 49.8 Å². The molecule has 0 saturated heterocycles. The zero-order chi connectivity index (χ0) is 29.4. The third-order valence-electron chi connectivity index (χ3n) is 7.59. The fraction of sp³-hybridized carbons (Fsp3) is 0.281. The average Bonchev–Trinajstić information content (AvgIpc) is 3.60. The Morgan fingerprint density at radius 2 is 1.22 bits per heavy atom. The van der Waals surface area contributed by atoms with Crippen molar-refractivity contribution in [2.45, 2.75) is 12.8 Å². The van der Waals surface area contributed by atoms with Gasteiger partial charge in [-0.1, -0.05) is 12.1 Å². The van der Waals surface area contributed by atoms with E-state index >= 15 is 0 Å². The van der Waals surface area contributed by atoms with Gasteiger partial charge in [-0.2, -0.15) is 0 Å². The summed E-state index contributed by atoms with van der Waals surface area (Å²) in [6.45, 7) is 0. The van der Waals surface area contributed by atoms with Crippen LogP contribution in [0.4, 0.5) is 0 Å². The molecule has 0 saturated carbocycles. The molecule has 3 aromatic rings. The number of benzene rings is 3. The molecular weight excluding hydrogens is 528 g/mol. The van der Waals surface area contributed by atoms with E-state index in [2.05, 4.69) is 0 Å². The maximum atomic E-state index is 14.6. The van der Waals surface area contributed by atoms with Crippen molar-refractivity contribution in [1.82, 2.24) is 0 Å². The lowest BCUT2D eigenvalue weighted by atomic mass is 9.90. The van der Waals surface area contributed by atoms with Crippen LogP contribution < -0.4 is 33.2 Å². The molecule has 0 atom stereocenters. The van der Waals surface area contributed by atoms with Crippen LogP contribution in [0.2, 0.25) is 0 Å². The quantitative estimate of drug-likeness (QED) is 0.362. The largest absolute Gasteiger partial charge is 0.504 e. The van der Waals surface area contributed by atoms with Crippen molar-refractivity contribution in [3.63, 3.8) is 0 Å². The lowest BCUT2D eigenvalue weighted by Gasteiger charge is -2.18. The number of Topliss-reactive ketones (excluding diaryl/α,β-unsaturated/α-hetero) is 1. The highest BCUT2D eigenvalue weighted by Crippen LogP contribution is 2.53. The average molecular weight is 561 g/mol. The standard InChI is InChI=1S/C32H32O9/c1-35-24-11-8-16(12-23(24)33)19-13-22-21(15-26(37-3)32(41-7)30(22)39-5)27(19)28(34)17-9-10-18-20(17)14-25(36-2)31(40-6)29(18)38-4/h8-9,11-12,14-15,33H,10,13H2,1-7H3. The zero-order valence-corrected chi connectivity index (χ0v) is 24.1. The Morgan fingerprint density at radius 1 is 0.659 bits per heavy atom. The minimum atomic E-state index is -0.198. The molecule has 0 radical (unpaired) electrons. The number of carbonyl (C=O) groups excluding carboxylic acids is 1. The fourth-order valence-corrected chi connectivity index (χ4v) is 5.75. The summed E-state index contributed by atoms with van der Waals surface area (Å²) in [5.74, 6) is 2.90. The molecule has 0 unspecified atom stereocenters. The number of hydrogen-bond acceptors (Lipinski definition) is 9. The van der Waals surface area contributed by atoms with Crippen molar-refractivity contribution in [1.29, 1.82) is 0 Å². The molecule has 0 bridgehead atoms. The van der Waals surface area contributed by atoms with Crippen molar-refractivity contribution in [2.24, 2.45) is 0 Å². The molecule has 2 aliphatic carbocycles. The highest BCUT2D eigenvalue weighted by Gasteiger charge is 2.37. The summed E-state index contributed by atoms with van der Waals surface area (Å²) in [6, 6.07) is 8.70. The van der Waals surface area contributed by atoms with Gasteiger partial charge in [0.05, 0.1) is 49.8 Å². The fourth-order valence-electron chi connectivity index (χ4n) is 5.75. The van der Waals surface area contributed by atoms with E-state index in [1.807, 2.05) is 12.1 Å². The van der Waals surface area contributed by atoms with Crippen molar-refractivity contribution in [3.05, 3.63) is 64.2 Å². The Kier molecular flexibility index (Phi) is 7.45. The van der Waals surface area contributed by atoms with Crippen LogP contribution in [0.3, 0.4) is 0 Å². The molecule has 1 N–H and O–H groups in total. The molecule has 0 heterocycles. The zero-order valence-electron chi connectivity index (χ0n) is 24.1. The van der Waals surface area contributed by atoms with Gasteiger partial charge in [0.25, 0.3) is 0 Å². The Labute approximate surface area is 238 Å². The topological polar surface area (TPSA) is 102 Å². The first-order valence-electron chi connectivity index (χ1n) is 12.9. The van der Waals surface area contributed by atoms with Crippen LogP contribution in [-0.2, 0) is 17.6 Å². The van der Waals surface area contributed by atoms with Gasteiger partial charge < -0.3 is 38.3 Å². The van der Waals surface area contributed by atoms with Gasteiger partial charge in [-0.05, 0) is 52.9 Å². The normalized spacial score (nSPS) is 13.3.